The van der Waals surface area contributed by atoms with Crippen molar-refractivity contribution in [3.8, 4) is 0 Å². The summed E-state index contributed by atoms with van der Waals surface area (Å²) in [5.41, 5.74) is 3.60. The van der Waals surface area contributed by atoms with E-state index in [-0.39, 0.29) is 0 Å². The van der Waals surface area contributed by atoms with Gasteiger partial charge in [-0.25, -0.2) is 0 Å². The predicted octanol–water partition coefficient (Wildman–Crippen LogP) is 6.99. The summed E-state index contributed by atoms with van der Waals surface area (Å²) in [6, 6.07) is 0. The fraction of sp³-hybridized carbons (Fsp3) is 0.806. The predicted molar refractivity (Wildman–Crippen MR) is 148 cm³/mol. The van der Waals surface area contributed by atoms with Crippen LogP contribution in [-0.4, -0.2) is 47.3 Å². The van der Waals surface area contributed by atoms with E-state index in [4.69, 9.17) is 9.84 Å². The molecule has 3 N–H and O–H groups in total. The first-order valence-electron chi connectivity index (χ1n) is 14.3. The maximum atomic E-state index is 10.1. The molecule has 0 bridgehead atoms. The molecule has 0 radical (unpaired) electrons. The quantitative estimate of drug-likeness (QED) is 0.319. The molecule has 4 heteroatoms. The molecule has 0 spiro atoms. The van der Waals surface area contributed by atoms with E-state index in [9.17, 15) is 10.2 Å². The van der Waals surface area contributed by atoms with Crippen LogP contribution in [0.4, 0.5) is 0 Å². The van der Waals surface area contributed by atoms with Gasteiger partial charge in [-0.1, -0.05) is 77.3 Å². The number of rotatable bonds is 8. The van der Waals surface area contributed by atoms with Crippen LogP contribution in [0.3, 0.4) is 0 Å². The second-order valence-corrected chi connectivity index (χ2v) is 10.7. The summed E-state index contributed by atoms with van der Waals surface area (Å²) in [5, 5.41) is 27.3. The Morgan fingerprint density at radius 3 is 2.23 bits per heavy atom. The second-order valence-electron chi connectivity index (χ2n) is 10.7. The Balaban J connectivity index is 0.00000145. The lowest BCUT2D eigenvalue weighted by Crippen LogP contribution is -2.38. The summed E-state index contributed by atoms with van der Waals surface area (Å²) in [4.78, 5) is 0. The summed E-state index contributed by atoms with van der Waals surface area (Å²) in [7, 11) is 1.00. The lowest BCUT2D eigenvalue weighted by Gasteiger charge is -2.44. The van der Waals surface area contributed by atoms with E-state index in [1.54, 1.807) is 5.57 Å². The Kier molecular flexibility index (Phi) is 14.7. The molecular formula is C31H56O4. The standard InChI is InChI=1S/C28H46O3.C2H6.CH4O/c1-6-21(7-2)14-16-31-20(4)24-12-13-25-23(9-8-15-28(24,25)5)11-10-22-17-26(29)19(3)27(30)18-22;2*1-2/h10-11,20-21,24-27,29-30H,3,6-9,12-18H2,1-2,4-5H3;1-2H3;2H,1H3/b22-10?,23-11+;;/t20?,24?,25?,26-,27?,28?;;/m1../s1. The number of fused-ring (bicyclic) bond motifs is 1. The van der Waals surface area contributed by atoms with Gasteiger partial charge in [0.05, 0.1) is 18.3 Å². The van der Waals surface area contributed by atoms with Gasteiger partial charge < -0.3 is 20.1 Å². The van der Waals surface area contributed by atoms with Gasteiger partial charge in [-0.05, 0) is 87.0 Å². The summed E-state index contributed by atoms with van der Waals surface area (Å²) < 4.78 is 6.40. The van der Waals surface area contributed by atoms with Crippen molar-refractivity contribution < 1.29 is 20.1 Å². The number of allylic oxidation sites excluding steroid dienone is 3. The van der Waals surface area contributed by atoms with E-state index in [1.165, 1.54) is 51.4 Å². The van der Waals surface area contributed by atoms with Gasteiger partial charge in [-0.2, -0.15) is 0 Å². The molecule has 3 saturated carbocycles. The number of hydrogen-bond acceptors (Lipinski definition) is 4. The van der Waals surface area contributed by atoms with E-state index in [0.29, 0.717) is 41.8 Å². The zero-order valence-electron chi connectivity index (χ0n) is 23.9. The van der Waals surface area contributed by atoms with Crippen molar-refractivity contribution in [2.75, 3.05) is 13.7 Å². The van der Waals surface area contributed by atoms with Gasteiger partial charge in [0.25, 0.3) is 0 Å². The van der Waals surface area contributed by atoms with Gasteiger partial charge in [-0.15, -0.1) is 0 Å². The summed E-state index contributed by atoms with van der Waals surface area (Å²) in [6.07, 6.45) is 14.8. The molecule has 0 aromatic carbocycles. The number of ether oxygens (including phenoxy) is 1. The van der Waals surface area contributed by atoms with Crippen LogP contribution in [0, 0.1) is 23.2 Å². The number of aliphatic hydroxyl groups excluding tert-OH is 3. The van der Waals surface area contributed by atoms with Crippen LogP contribution in [0.5, 0.6) is 0 Å². The van der Waals surface area contributed by atoms with Crippen LogP contribution in [0.25, 0.3) is 0 Å². The van der Waals surface area contributed by atoms with Crippen molar-refractivity contribution >= 4 is 0 Å². The van der Waals surface area contributed by atoms with E-state index in [0.717, 1.165) is 25.2 Å². The lowest BCUT2D eigenvalue weighted by molar-refractivity contribution is -0.0291. The normalized spacial score (nSPS) is 33.6. The molecule has 0 saturated heterocycles. The van der Waals surface area contributed by atoms with E-state index < -0.39 is 12.2 Å². The molecule has 35 heavy (non-hydrogen) atoms. The molecule has 5 unspecified atom stereocenters. The summed E-state index contributed by atoms with van der Waals surface area (Å²) in [5.74, 6) is 2.07. The highest BCUT2D eigenvalue weighted by Gasteiger charge is 2.51. The largest absolute Gasteiger partial charge is 0.400 e. The van der Waals surface area contributed by atoms with Crippen molar-refractivity contribution in [2.45, 2.75) is 124 Å². The molecule has 0 aromatic rings. The molecule has 0 aliphatic heterocycles. The minimum atomic E-state index is -0.612. The van der Waals surface area contributed by atoms with E-state index >= 15 is 0 Å². The van der Waals surface area contributed by atoms with Crippen LogP contribution in [0.2, 0.25) is 0 Å². The third-order valence-corrected chi connectivity index (χ3v) is 8.97. The second kappa shape index (κ2) is 16.0. The van der Waals surface area contributed by atoms with Crippen molar-refractivity contribution in [2.24, 2.45) is 23.2 Å². The molecule has 4 nitrogen and oxygen atoms in total. The molecule has 3 fully saturated rings. The molecular weight excluding hydrogens is 436 g/mol. The average Bonchev–Trinajstić information content (AvgIpc) is 3.23. The van der Waals surface area contributed by atoms with Gasteiger partial charge in [0.1, 0.15) is 0 Å². The smallest absolute Gasteiger partial charge is 0.0809 e. The van der Waals surface area contributed by atoms with Crippen LogP contribution < -0.4 is 0 Å². The Bertz CT molecular complexity index is 661. The number of aliphatic hydroxyl groups is 3. The first-order chi connectivity index (χ1) is 16.8. The highest BCUT2D eigenvalue weighted by molar-refractivity contribution is 5.29. The van der Waals surface area contributed by atoms with Gasteiger partial charge in [0.2, 0.25) is 0 Å². The first-order valence-corrected chi connectivity index (χ1v) is 14.3. The fourth-order valence-electron chi connectivity index (χ4n) is 6.71. The molecule has 0 amide bonds. The van der Waals surface area contributed by atoms with Crippen molar-refractivity contribution in [1.29, 1.82) is 0 Å². The maximum Gasteiger partial charge on any atom is 0.0809 e. The lowest BCUT2D eigenvalue weighted by atomic mass is 9.62. The van der Waals surface area contributed by atoms with Crippen LogP contribution >= 0.6 is 0 Å². The fourth-order valence-corrected chi connectivity index (χ4v) is 6.71. The number of hydrogen-bond donors (Lipinski definition) is 3. The minimum absolute atomic E-state index is 0.330. The van der Waals surface area contributed by atoms with Gasteiger partial charge in [0.15, 0.2) is 0 Å². The molecule has 6 atom stereocenters. The Hall–Kier alpha value is -0.940. The zero-order chi connectivity index (χ0) is 26.6. The van der Waals surface area contributed by atoms with Crippen LogP contribution in [0.15, 0.2) is 35.5 Å². The van der Waals surface area contributed by atoms with E-state index in [1.807, 2.05) is 13.8 Å². The molecule has 0 heterocycles. The van der Waals surface area contributed by atoms with E-state index in [2.05, 4.69) is 46.4 Å². The topological polar surface area (TPSA) is 69.9 Å². The third-order valence-electron chi connectivity index (χ3n) is 8.97. The monoisotopic (exact) mass is 492 g/mol. The molecule has 3 aliphatic carbocycles. The molecule has 204 valence electrons. The molecule has 3 rings (SSSR count). The highest BCUT2D eigenvalue weighted by atomic mass is 16.5. The Labute approximate surface area is 216 Å². The SMILES string of the molecule is C=C1C(O)CC(=C/C=C2\CCCC3(C)C2CCC3C(C)OCCC(CC)CC)C[C@H]1O.CC.CO. The molecule has 0 aromatic heterocycles. The van der Waals surface area contributed by atoms with Crippen LogP contribution in [-0.2, 0) is 4.74 Å². The minimum Gasteiger partial charge on any atom is -0.400 e. The van der Waals surface area contributed by atoms with Gasteiger partial charge in [-0.3, -0.25) is 0 Å². The Morgan fingerprint density at radius 2 is 1.66 bits per heavy atom. The van der Waals surface area contributed by atoms with Crippen LogP contribution in [0.1, 0.15) is 106 Å². The van der Waals surface area contributed by atoms with Gasteiger partial charge in [0, 0.05) is 13.7 Å². The maximum absolute atomic E-state index is 10.1. The average molecular weight is 493 g/mol. The first kappa shape index (κ1) is 32.1. The third kappa shape index (κ3) is 8.28. The summed E-state index contributed by atoms with van der Waals surface area (Å²) >= 11 is 0. The van der Waals surface area contributed by atoms with Gasteiger partial charge >= 0.3 is 0 Å². The summed E-state index contributed by atoms with van der Waals surface area (Å²) in [6.45, 7) is 18.1. The Morgan fingerprint density at radius 1 is 1.06 bits per heavy atom. The van der Waals surface area contributed by atoms with Crippen molar-refractivity contribution in [1.82, 2.24) is 0 Å². The van der Waals surface area contributed by atoms with Crippen molar-refractivity contribution in [3.63, 3.8) is 0 Å². The molecule has 3 aliphatic rings. The van der Waals surface area contributed by atoms with Crippen molar-refractivity contribution in [3.05, 3.63) is 35.5 Å². The highest BCUT2D eigenvalue weighted by Crippen LogP contribution is 2.58. The zero-order valence-corrected chi connectivity index (χ0v) is 23.9.